The molecule has 0 radical (unpaired) electrons. The van der Waals surface area contributed by atoms with Crippen molar-refractivity contribution in [3.63, 3.8) is 0 Å². The number of benzene rings is 1. The number of aromatic nitrogens is 4. The third-order valence-corrected chi connectivity index (χ3v) is 8.60. The lowest BCUT2D eigenvalue weighted by Crippen LogP contribution is -2.45. The van der Waals surface area contributed by atoms with Crippen molar-refractivity contribution in [3.05, 3.63) is 41.7 Å². The van der Waals surface area contributed by atoms with Gasteiger partial charge >= 0.3 is 6.09 Å². The van der Waals surface area contributed by atoms with Gasteiger partial charge in [0.2, 0.25) is 5.91 Å². The van der Waals surface area contributed by atoms with Gasteiger partial charge in [-0.15, -0.1) is 15.0 Å². The van der Waals surface area contributed by atoms with Crippen molar-refractivity contribution in [3.8, 4) is 0 Å². The van der Waals surface area contributed by atoms with Crippen LogP contribution in [0.1, 0.15) is 37.1 Å². The molecule has 2 amide bonds. The second-order valence-corrected chi connectivity index (χ2v) is 16.5. The number of amides is 2. The molecule has 4 rings (SSSR count). The molecule has 0 N–H and O–H groups in total. The molecular weight excluding hydrogens is 462 g/mol. The predicted molar refractivity (Wildman–Crippen MR) is 133 cm³/mol. The maximum atomic E-state index is 13.8. The van der Waals surface area contributed by atoms with Gasteiger partial charge in [0.15, 0.2) is 12.6 Å². The average Bonchev–Trinajstić information content (AvgIpc) is 3.57. The van der Waals surface area contributed by atoms with Crippen LogP contribution in [0.4, 0.5) is 4.79 Å². The Hall–Kier alpha value is -2.59. The molecule has 1 aromatic carbocycles. The third kappa shape index (κ3) is 6.97. The quantitative estimate of drug-likeness (QED) is 0.341. The molecule has 35 heavy (non-hydrogen) atoms. The fourth-order valence-corrected chi connectivity index (χ4v) is 5.65. The van der Waals surface area contributed by atoms with Gasteiger partial charge in [0, 0.05) is 27.0 Å². The Morgan fingerprint density at radius 2 is 1.94 bits per heavy atom. The van der Waals surface area contributed by atoms with Crippen LogP contribution in [0.15, 0.2) is 30.3 Å². The van der Waals surface area contributed by atoms with Gasteiger partial charge in [-0.2, -0.15) is 0 Å². The van der Waals surface area contributed by atoms with Crippen LogP contribution in [0, 0.1) is 11.8 Å². The SMILES string of the molecule is C[Si](C)(C)CCOCn1nnc(C[C@@H](C(=O)N2C(=O)OC[C@H]2Cc2ccccc2)C2CCCC2)n1. The van der Waals surface area contributed by atoms with Gasteiger partial charge in [0.25, 0.3) is 0 Å². The molecule has 2 aliphatic rings. The van der Waals surface area contributed by atoms with Crippen molar-refractivity contribution in [1.29, 1.82) is 0 Å². The molecule has 2 atom stereocenters. The zero-order valence-corrected chi connectivity index (χ0v) is 22.1. The Morgan fingerprint density at radius 1 is 1.20 bits per heavy atom. The number of tetrazole rings is 1. The van der Waals surface area contributed by atoms with E-state index in [0.717, 1.165) is 37.3 Å². The molecule has 190 valence electrons. The van der Waals surface area contributed by atoms with Gasteiger partial charge in [-0.3, -0.25) is 4.79 Å². The summed E-state index contributed by atoms with van der Waals surface area (Å²) in [5.74, 6) is 0.166. The van der Waals surface area contributed by atoms with E-state index in [4.69, 9.17) is 9.47 Å². The van der Waals surface area contributed by atoms with Crippen LogP contribution in [0.2, 0.25) is 25.7 Å². The zero-order chi connectivity index (χ0) is 24.8. The molecule has 1 saturated carbocycles. The van der Waals surface area contributed by atoms with Crippen LogP contribution in [-0.2, 0) is 33.8 Å². The van der Waals surface area contributed by atoms with Gasteiger partial charge < -0.3 is 9.47 Å². The van der Waals surface area contributed by atoms with E-state index >= 15 is 0 Å². The van der Waals surface area contributed by atoms with Gasteiger partial charge in [-0.25, -0.2) is 9.69 Å². The highest BCUT2D eigenvalue weighted by atomic mass is 28.3. The van der Waals surface area contributed by atoms with Crippen LogP contribution in [0.5, 0.6) is 0 Å². The molecule has 2 aromatic rings. The molecule has 10 heteroatoms. The standard InChI is InChI=1S/C25H37N5O4Si/c1-35(2,3)14-13-33-18-29-27-23(26-28-29)16-22(20-11-7-8-12-20)24(31)30-21(17-34-25(30)32)15-19-9-5-4-6-10-19/h4-6,9-10,20-22H,7-8,11-18H2,1-3H3/t21-,22-/m1/s1. The van der Waals surface area contributed by atoms with E-state index in [9.17, 15) is 9.59 Å². The smallest absolute Gasteiger partial charge is 0.416 e. The van der Waals surface area contributed by atoms with Crippen LogP contribution in [0.25, 0.3) is 0 Å². The largest absolute Gasteiger partial charge is 0.447 e. The van der Waals surface area contributed by atoms with Crippen molar-refractivity contribution in [1.82, 2.24) is 25.1 Å². The second kappa shape index (κ2) is 11.4. The number of carbonyl (C=O) groups excluding carboxylic acids is 2. The first-order chi connectivity index (χ1) is 16.8. The number of imide groups is 1. The van der Waals surface area contributed by atoms with Gasteiger partial charge in [-0.05, 0) is 42.0 Å². The first-order valence-corrected chi connectivity index (χ1v) is 16.4. The van der Waals surface area contributed by atoms with E-state index in [1.165, 1.54) is 9.70 Å². The fourth-order valence-electron chi connectivity index (χ4n) is 4.90. The highest BCUT2D eigenvalue weighted by Crippen LogP contribution is 2.35. The summed E-state index contributed by atoms with van der Waals surface area (Å²) >= 11 is 0. The normalized spacial score (nSPS) is 19.8. The molecule has 1 saturated heterocycles. The maximum Gasteiger partial charge on any atom is 0.416 e. The van der Waals surface area contributed by atoms with E-state index < -0.39 is 14.2 Å². The van der Waals surface area contributed by atoms with Crippen LogP contribution >= 0.6 is 0 Å². The van der Waals surface area contributed by atoms with E-state index in [2.05, 4.69) is 35.1 Å². The molecule has 0 unspecified atom stereocenters. The summed E-state index contributed by atoms with van der Waals surface area (Å²) in [4.78, 5) is 29.2. The zero-order valence-electron chi connectivity index (χ0n) is 21.1. The Kier molecular flexibility index (Phi) is 8.33. The summed E-state index contributed by atoms with van der Waals surface area (Å²) in [5.41, 5.74) is 1.07. The third-order valence-electron chi connectivity index (χ3n) is 6.90. The van der Waals surface area contributed by atoms with Crippen molar-refractivity contribution in [2.24, 2.45) is 11.8 Å². The molecule has 0 bridgehead atoms. The van der Waals surface area contributed by atoms with Crippen molar-refractivity contribution >= 4 is 20.1 Å². The minimum absolute atomic E-state index is 0.178. The summed E-state index contributed by atoms with van der Waals surface area (Å²) in [6.07, 6.45) is 4.52. The Labute approximate surface area is 208 Å². The number of hydrogen-bond acceptors (Lipinski definition) is 7. The first kappa shape index (κ1) is 25.5. The number of ether oxygens (including phenoxy) is 2. The summed E-state index contributed by atoms with van der Waals surface area (Å²) in [6.45, 7) is 8.07. The molecule has 9 nitrogen and oxygen atoms in total. The summed E-state index contributed by atoms with van der Waals surface area (Å²) in [5, 5.41) is 12.8. The number of rotatable bonds is 11. The average molecular weight is 500 g/mol. The van der Waals surface area contributed by atoms with E-state index in [1.807, 2.05) is 30.3 Å². The van der Waals surface area contributed by atoms with E-state index in [-0.39, 0.29) is 37.1 Å². The maximum absolute atomic E-state index is 13.8. The summed E-state index contributed by atoms with van der Waals surface area (Å²) < 4.78 is 11.0. The lowest BCUT2D eigenvalue weighted by atomic mass is 9.86. The van der Waals surface area contributed by atoms with Crippen LogP contribution < -0.4 is 0 Å². The lowest BCUT2D eigenvalue weighted by molar-refractivity contribution is -0.135. The number of hydrogen-bond donors (Lipinski definition) is 0. The highest BCUT2D eigenvalue weighted by Gasteiger charge is 2.43. The second-order valence-electron chi connectivity index (χ2n) is 10.9. The molecule has 1 aromatic heterocycles. The Bertz CT molecular complexity index is 987. The molecule has 1 aliphatic heterocycles. The number of nitrogens with zero attached hydrogens (tertiary/aromatic N) is 5. The number of cyclic esters (lactones) is 1. The van der Waals surface area contributed by atoms with Crippen molar-refractivity contribution < 1.29 is 19.1 Å². The van der Waals surface area contributed by atoms with E-state index in [1.54, 1.807) is 0 Å². The Morgan fingerprint density at radius 3 is 2.66 bits per heavy atom. The first-order valence-electron chi connectivity index (χ1n) is 12.7. The summed E-state index contributed by atoms with van der Waals surface area (Å²) in [7, 11) is -1.16. The molecular formula is C25H37N5O4Si. The molecule has 0 spiro atoms. The van der Waals surface area contributed by atoms with Crippen LogP contribution in [-0.4, -0.2) is 64.4 Å². The van der Waals surface area contributed by atoms with Gasteiger partial charge in [-0.1, -0.05) is 62.8 Å². The van der Waals surface area contributed by atoms with Crippen molar-refractivity contribution in [2.75, 3.05) is 13.2 Å². The van der Waals surface area contributed by atoms with Gasteiger partial charge in [0.05, 0.1) is 6.04 Å². The van der Waals surface area contributed by atoms with Gasteiger partial charge in [0.1, 0.15) is 6.61 Å². The summed E-state index contributed by atoms with van der Waals surface area (Å²) in [6, 6.07) is 10.7. The predicted octanol–water partition coefficient (Wildman–Crippen LogP) is 3.92. The highest BCUT2D eigenvalue weighted by molar-refractivity contribution is 6.76. The topological polar surface area (TPSA) is 99.4 Å². The molecule has 1 aliphatic carbocycles. The molecule has 2 heterocycles. The van der Waals surface area contributed by atoms with Crippen LogP contribution in [0.3, 0.4) is 0 Å². The monoisotopic (exact) mass is 499 g/mol. The van der Waals surface area contributed by atoms with E-state index in [0.29, 0.717) is 25.3 Å². The molecule has 2 fully saturated rings. The minimum Gasteiger partial charge on any atom is -0.447 e. The van der Waals surface area contributed by atoms with Crippen molar-refractivity contribution in [2.45, 2.75) is 77.0 Å². The number of carbonyl (C=O) groups is 2. The minimum atomic E-state index is -1.16. The lowest BCUT2D eigenvalue weighted by Gasteiger charge is -2.27. The fraction of sp³-hybridized carbons (Fsp3) is 0.640. The Balaban J connectivity index is 1.43.